The molecule has 0 unspecified atom stereocenters. The van der Waals surface area contributed by atoms with Crippen molar-refractivity contribution in [3.05, 3.63) is 52.6 Å². The largest absolute Gasteiger partial charge is 0.351 e. The van der Waals surface area contributed by atoms with Crippen LogP contribution in [0.2, 0.25) is 0 Å². The van der Waals surface area contributed by atoms with Crippen molar-refractivity contribution in [2.24, 2.45) is 5.92 Å². The number of thiazole rings is 1. The molecule has 134 valence electrons. The van der Waals surface area contributed by atoms with Crippen LogP contribution in [0.3, 0.4) is 0 Å². The van der Waals surface area contributed by atoms with Gasteiger partial charge in [0.1, 0.15) is 5.69 Å². The van der Waals surface area contributed by atoms with Crippen LogP contribution in [-0.4, -0.2) is 51.4 Å². The molecule has 6 rings (SSSR count). The molecule has 0 radical (unpaired) electrons. The number of H-pyrrole nitrogens is 1. The van der Waals surface area contributed by atoms with Gasteiger partial charge in [0.25, 0.3) is 5.91 Å². The number of rotatable bonds is 3. The first-order chi connectivity index (χ1) is 12.8. The third-order valence-electron chi connectivity index (χ3n) is 5.68. The van der Waals surface area contributed by atoms with Gasteiger partial charge in [0.05, 0.1) is 11.2 Å². The molecular formula is C20H22N4OS. The molecule has 3 aliphatic rings. The van der Waals surface area contributed by atoms with Crippen molar-refractivity contribution in [3.63, 3.8) is 0 Å². The van der Waals surface area contributed by atoms with E-state index < -0.39 is 0 Å². The van der Waals surface area contributed by atoms with Gasteiger partial charge in [-0.25, -0.2) is 4.98 Å². The van der Waals surface area contributed by atoms with Gasteiger partial charge in [-0.2, -0.15) is 0 Å². The molecule has 1 aromatic carbocycles. The first-order valence-electron chi connectivity index (χ1n) is 9.24. The Hall–Kier alpha value is -2.18. The van der Waals surface area contributed by atoms with Gasteiger partial charge in [0.2, 0.25) is 0 Å². The lowest BCUT2D eigenvalue weighted by Gasteiger charge is -2.36. The van der Waals surface area contributed by atoms with Gasteiger partial charge in [-0.15, -0.1) is 11.3 Å². The molecule has 5 heterocycles. The number of aromatic amines is 1. The molecule has 26 heavy (non-hydrogen) atoms. The number of fused-ring (bicyclic) bond motifs is 5. The Morgan fingerprint density at radius 3 is 3.00 bits per heavy atom. The molecule has 1 amide bonds. The van der Waals surface area contributed by atoms with Gasteiger partial charge in [-0.1, -0.05) is 18.2 Å². The fourth-order valence-corrected chi connectivity index (χ4v) is 4.99. The monoisotopic (exact) mass is 366 g/mol. The molecule has 1 N–H and O–H groups in total. The SMILES string of the molecule is O=C(c1cc2ccccc2[nH]1)N1C[C@H]2CC[C@@H]1CN(Cc1cscn1)C2. The van der Waals surface area contributed by atoms with Crippen LogP contribution in [0.15, 0.2) is 41.2 Å². The fourth-order valence-electron chi connectivity index (χ4n) is 4.44. The second-order valence-corrected chi connectivity index (χ2v) is 8.22. The summed E-state index contributed by atoms with van der Waals surface area (Å²) in [7, 11) is 0. The molecule has 2 atom stereocenters. The zero-order chi connectivity index (χ0) is 17.5. The Labute approximate surface area is 156 Å². The molecule has 2 aromatic heterocycles. The van der Waals surface area contributed by atoms with E-state index in [1.807, 2.05) is 35.8 Å². The molecule has 3 aromatic rings. The lowest BCUT2D eigenvalue weighted by molar-refractivity contribution is 0.0580. The smallest absolute Gasteiger partial charge is 0.270 e. The number of carbonyl (C=O) groups excluding carboxylic acids is 1. The van der Waals surface area contributed by atoms with E-state index in [1.54, 1.807) is 11.3 Å². The van der Waals surface area contributed by atoms with Crippen LogP contribution in [0.5, 0.6) is 0 Å². The molecule has 3 aliphatic heterocycles. The highest BCUT2D eigenvalue weighted by atomic mass is 32.1. The van der Waals surface area contributed by atoms with E-state index in [2.05, 4.69) is 25.1 Å². The Balaban J connectivity index is 1.37. The van der Waals surface area contributed by atoms with E-state index in [0.29, 0.717) is 17.7 Å². The standard InChI is InChI=1S/C20H22N4OS/c25-20(19-7-15-3-1-2-4-18(15)22-19)24-9-14-5-6-17(24)11-23(8-14)10-16-12-26-13-21-16/h1-4,7,12-14,17,22H,5-6,8-11H2/t14-,17+/m0/s1. The predicted octanol–water partition coefficient (Wildman–Crippen LogP) is 3.36. The summed E-state index contributed by atoms with van der Waals surface area (Å²) in [5.41, 5.74) is 4.78. The number of amides is 1. The normalized spacial score (nSPS) is 23.5. The lowest BCUT2D eigenvalue weighted by Crippen LogP contribution is -2.47. The number of nitrogens with zero attached hydrogens (tertiary/aromatic N) is 3. The third kappa shape index (κ3) is 2.93. The zero-order valence-corrected chi connectivity index (χ0v) is 15.4. The van der Waals surface area contributed by atoms with Gasteiger partial charge < -0.3 is 9.88 Å². The molecule has 0 saturated carbocycles. The van der Waals surface area contributed by atoms with Crippen molar-refractivity contribution in [3.8, 4) is 0 Å². The first kappa shape index (κ1) is 16.0. The summed E-state index contributed by atoms with van der Waals surface area (Å²) in [5, 5.41) is 3.22. The van der Waals surface area contributed by atoms with Crippen molar-refractivity contribution >= 4 is 28.1 Å². The summed E-state index contributed by atoms with van der Waals surface area (Å²) < 4.78 is 0. The number of hydrogen-bond donors (Lipinski definition) is 1. The maximum Gasteiger partial charge on any atom is 0.270 e. The predicted molar refractivity (Wildman–Crippen MR) is 103 cm³/mol. The first-order valence-corrected chi connectivity index (χ1v) is 10.2. The molecule has 3 saturated heterocycles. The van der Waals surface area contributed by atoms with Crippen LogP contribution < -0.4 is 0 Å². The average molecular weight is 366 g/mol. The highest BCUT2D eigenvalue weighted by molar-refractivity contribution is 7.07. The topological polar surface area (TPSA) is 52.2 Å². The number of para-hydroxylation sites is 1. The molecule has 2 bridgehead atoms. The summed E-state index contributed by atoms with van der Waals surface area (Å²) in [6.07, 6.45) is 2.32. The molecule has 5 nitrogen and oxygen atoms in total. The van der Waals surface area contributed by atoms with Gasteiger partial charge >= 0.3 is 0 Å². The van der Waals surface area contributed by atoms with E-state index in [4.69, 9.17) is 0 Å². The van der Waals surface area contributed by atoms with Crippen LogP contribution in [0, 0.1) is 5.92 Å². The molecule has 3 fully saturated rings. The lowest BCUT2D eigenvalue weighted by atomic mass is 9.94. The number of nitrogens with one attached hydrogen (secondary N) is 1. The van der Waals surface area contributed by atoms with E-state index >= 15 is 0 Å². The Morgan fingerprint density at radius 1 is 1.23 bits per heavy atom. The van der Waals surface area contributed by atoms with E-state index in [-0.39, 0.29) is 5.91 Å². The summed E-state index contributed by atoms with van der Waals surface area (Å²) in [5.74, 6) is 0.701. The Morgan fingerprint density at radius 2 is 2.15 bits per heavy atom. The second kappa shape index (κ2) is 6.52. The van der Waals surface area contributed by atoms with Crippen molar-refractivity contribution < 1.29 is 4.79 Å². The van der Waals surface area contributed by atoms with Crippen LogP contribution >= 0.6 is 11.3 Å². The summed E-state index contributed by atoms with van der Waals surface area (Å²) in [6, 6.07) is 10.4. The molecule has 0 spiro atoms. The zero-order valence-electron chi connectivity index (χ0n) is 14.6. The quantitative estimate of drug-likeness (QED) is 0.773. The van der Waals surface area contributed by atoms with E-state index in [1.165, 1.54) is 6.42 Å². The average Bonchev–Trinajstić information content (AvgIpc) is 3.23. The highest BCUT2D eigenvalue weighted by Gasteiger charge is 2.37. The Kier molecular flexibility index (Phi) is 4.02. The minimum Gasteiger partial charge on any atom is -0.351 e. The number of benzene rings is 1. The van der Waals surface area contributed by atoms with Gasteiger partial charge in [-0.05, 0) is 30.9 Å². The molecular weight excluding hydrogens is 344 g/mol. The van der Waals surface area contributed by atoms with Crippen LogP contribution in [-0.2, 0) is 6.54 Å². The van der Waals surface area contributed by atoms with E-state index in [0.717, 1.165) is 49.2 Å². The Bertz CT molecular complexity index is 886. The van der Waals surface area contributed by atoms with Gasteiger partial charge in [0, 0.05) is 48.5 Å². The van der Waals surface area contributed by atoms with Crippen molar-refractivity contribution in [1.82, 2.24) is 19.8 Å². The third-order valence-corrected chi connectivity index (χ3v) is 6.31. The van der Waals surface area contributed by atoms with Crippen molar-refractivity contribution in [2.45, 2.75) is 25.4 Å². The van der Waals surface area contributed by atoms with Gasteiger partial charge in [-0.3, -0.25) is 9.69 Å². The maximum absolute atomic E-state index is 13.2. The van der Waals surface area contributed by atoms with Crippen molar-refractivity contribution in [1.29, 1.82) is 0 Å². The molecule has 0 aliphatic carbocycles. The summed E-state index contributed by atoms with van der Waals surface area (Å²) in [4.78, 5) is 25.5. The highest BCUT2D eigenvalue weighted by Crippen LogP contribution is 2.30. The number of carbonyl (C=O) groups is 1. The minimum atomic E-state index is 0.145. The number of aromatic nitrogens is 2. The van der Waals surface area contributed by atoms with Crippen LogP contribution in [0.25, 0.3) is 10.9 Å². The van der Waals surface area contributed by atoms with Gasteiger partial charge in [0.15, 0.2) is 0 Å². The number of piperidine rings is 1. The minimum absolute atomic E-state index is 0.145. The maximum atomic E-state index is 13.2. The van der Waals surface area contributed by atoms with E-state index in [9.17, 15) is 4.79 Å². The summed E-state index contributed by atoms with van der Waals surface area (Å²) in [6.45, 7) is 3.77. The van der Waals surface area contributed by atoms with Crippen LogP contribution in [0.4, 0.5) is 0 Å². The van der Waals surface area contributed by atoms with Crippen LogP contribution in [0.1, 0.15) is 29.0 Å². The number of hydrogen-bond acceptors (Lipinski definition) is 4. The second-order valence-electron chi connectivity index (χ2n) is 7.50. The van der Waals surface area contributed by atoms with Crippen molar-refractivity contribution in [2.75, 3.05) is 19.6 Å². The summed E-state index contributed by atoms with van der Waals surface area (Å²) >= 11 is 1.65. The molecule has 6 heteroatoms. The fraction of sp³-hybridized carbons (Fsp3) is 0.400.